The molecule has 0 spiro atoms. The van der Waals surface area contributed by atoms with Crippen LogP contribution in [0.3, 0.4) is 0 Å². The van der Waals surface area contributed by atoms with Crippen molar-refractivity contribution in [1.82, 2.24) is 4.90 Å². The molecule has 0 radical (unpaired) electrons. The number of carbonyl (C=O) groups excluding carboxylic acids is 1. The predicted octanol–water partition coefficient (Wildman–Crippen LogP) is 2.14. The first-order chi connectivity index (χ1) is 10.2. The number of hydrogen-bond acceptors (Lipinski definition) is 3. The third kappa shape index (κ3) is 2.91. The molecule has 2 N–H and O–H groups in total. The monoisotopic (exact) mass is 288 g/mol. The highest BCUT2D eigenvalue weighted by molar-refractivity contribution is 5.78. The van der Waals surface area contributed by atoms with Crippen molar-refractivity contribution < 1.29 is 9.53 Å². The van der Waals surface area contributed by atoms with Crippen molar-refractivity contribution in [2.45, 2.75) is 37.6 Å². The normalized spacial score (nSPS) is 27.1. The highest BCUT2D eigenvalue weighted by Crippen LogP contribution is 2.39. The van der Waals surface area contributed by atoms with Crippen LogP contribution in [-0.4, -0.2) is 37.0 Å². The SMILES string of the molecule is COc1ccccc1C1CCC(N2CC(C(N)=O)C2)CC1. The Morgan fingerprint density at radius 2 is 1.86 bits per heavy atom. The second kappa shape index (κ2) is 6.06. The zero-order valence-corrected chi connectivity index (χ0v) is 12.6. The maximum atomic E-state index is 11.1. The van der Waals surface area contributed by atoms with E-state index in [4.69, 9.17) is 10.5 Å². The maximum Gasteiger partial charge on any atom is 0.223 e. The van der Waals surface area contributed by atoms with Gasteiger partial charge in [-0.1, -0.05) is 18.2 Å². The van der Waals surface area contributed by atoms with Gasteiger partial charge in [0.1, 0.15) is 5.75 Å². The fourth-order valence-corrected chi connectivity index (χ4v) is 3.75. The molecule has 114 valence electrons. The Kier molecular flexibility index (Phi) is 4.15. The van der Waals surface area contributed by atoms with Gasteiger partial charge in [-0.3, -0.25) is 9.69 Å². The smallest absolute Gasteiger partial charge is 0.223 e. The standard InChI is InChI=1S/C17H24N2O2/c1-21-16-5-3-2-4-15(16)12-6-8-14(9-7-12)19-10-13(11-19)17(18)20/h2-5,12-14H,6-11H2,1H3,(H2,18,20). The van der Waals surface area contributed by atoms with Crippen molar-refractivity contribution in [3.8, 4) is 5.75 Å². The van der Waals surface area contributed by atoms with Crippen LogP contribution in [0.1, 0.15) is 37.2 Å². The summed E-state index contributed by atoms with van der Waals surface area (Å²) in [5.41, 5.74) is 6.68. The lowest BCUT2D eigenvalue weighted by molar-refractivity contribution is -0.128. The Labute approximate surface area is 126 Å². The number of methoxy groups -OCH3 is 1. The quantitative estimate of drug-likeness (QED) is 0.923. The first-order valence-corrected chi connectivity index (χ1v) is 7.85. The molecule has 0 unspecified atom stereocenters. The molecule has 2 aliphatic rings. The molecule has 0 aromatic heterocycles. The van der Waals surface area contributed by atoms with Crippen molar-refractivity contribution in [1.29, 1.82) is 0 Å². The highest BCUT2D eigenvalue weighted by atomic mass is 16.5. The van der Waals surface area contributed by atoms with Crippen molar-refractivity contribution in [2.75, 3.05) is 20.2 Å². The number of nitrogens with zero attached hydrogens (tertiary/aromatic N) is 1. The minimum absolute atomic E-state index is 0.0805. The van der Waals surface area contributed by atoms with Crippen molar-refractivity contribution in [2.24, 2.45) is 11.7 Å². The van der Waals surface area contributed by atoms with Crippen LogP contribution < -0.4 is 10.5 Å². The van der Waals surface area contributed by atoms with Crippen LogP contribution in [0.2, 0.25) is 0 Å². The van der Waals surface area contributed by atoms with Crippen LogP contribution in [0, 0.1) is 5.92 Å². The third-order valence-corrected chi connectivity index (χ3v) is 5.10. The first-order valence-electron chi connectivity index (χ1n) is 7.85. The van der Waals surface area contributed by atoms with Crippen LogP contribution in [0.5, 0.6) is 5.75 Å². The van der Waals surface area contributed by atoms with Gasteiger partial charge in [-0.25, -0.2) is 0 Å². The summed E-state index contributed by atoms with van der Waals surface area (Å²) in [5, 5.41) is 0. The molecule has 0 atom stereocenters. The summed E-state index contributed by atoms with van der Waals surface area (Å²) in [6.45, 7) is 1.72. The fourth-order valence-electron chi connectivity index (χ4n) is 3.75. The van der Waals surface area contributed by atoms with Crippen LogP contribution in [-0.2, 0) is 4.79 Å². The Balaban J connectivity index is 1.55. The topological polar surface area (TPSA) is 55.6 Å². The molecule has 4 heteroatoms. The Morgan fingerprint density at radius 3 is 2.48 bits per heavy atom. The van der Waals surface area contributed by atoms with Crippen molar-refractivity contribution in [3.63, 3.8) is 0 Å². The molecule has 1 heterocycles. The van der Waals surface area contributed by atoms with Gasteiger partial charge in [0, 0.05) is 19.1 Å². The summed E-state index contributed by atoms with van der Waals surface area (Å²) >= 11 is 0. The lowest BCUT2D eigenvalue weighted by Gasteiger charge is -2.45. The zero-order chi connectivity index (χ0) is 14.8. The number of ether oxygens (including phenoxy) is 1. The molecule has 1 aliphatic heterocycles. The second-order valence-electron chi connectivity index (χ2n) is 6.30. The number of nitrogens with two attached hydrogens (primary N) is 1. The van der Waals surface area contributed by atoms with Crippen LogP contribution >= 0.6 is 0 Å². The molecule has 1 aromatic rings. The molecule has 1 aliphatic carbocycles. The molecule has 1 aromatic carbocycles. The van der Waals surface area contributed by atoms with E-state index < -0.39 is 0 Å². The largest absolute Gasteiger partial charge is 0.496 e. The average Bonchev–Trinajstić information content (AvgIpc) is 2.46. The number of para-hydroxylation sites is 1. The second-order valence-corrected chi connectivity index (χ2v) is 6.30. The lowest BCUT2D eigenvalue weighted by Crippen LogP contribution is -2.56. The Hall–Kier alpha value is -1.55. The number of primary amides is 1. The van der Waals surface area contributed by atoms with E-state index in [0.717, 1.165) is 18.8 Å². The van der Waals surface area contributed by atoms with E-state index in [2.05, 4.69) is 17.0 Å². The number of likely N-dealkylation sites (tertiary alicyclic amines) is 1. The van der Waals surface area contributed by atoms with E-state index in [0.29, 0.717) is 12.0 Å². The van der Waals surface area contributed by atoms with E-state index >= 15 is 0 Å². The van der Waals surface area contributed by atoms with E-state index in [9.17, 15) is 4.79 Å². The summed E-state index contributed by atoms with van der Waals surface area (Å²) in [7, 11) is 1.74. The molecule has 1 saturated carbocycles. The predicted molar refractivity (Wildman–Crippen MR) is 82.2 cm³/mol. The molecule has 4 nitrogen and oxygen atoms in total. The number of rotatable bonds is 4. The van der Waals surface area contributed by atoms with Gasteiger partial charge in [0.2, 0.25) is 5.91 Å². The Morgan fingerprint density at radius 1 is 1.19 bits per heavy atom. The van der Waals surface area contributed by atoms with E-state index in [1.54, 1.807) is 7.11 Å². The minimum Gasteiger partial charge on any atom is -0.496 e. The molecular weight excluding hydrogens is 264 g/mol. The van der Waals surface area contributed by atoms with E-state index in [-0.39, 0.29) is 11.8 Å². The average molecular weight is 288 g/mol. The molecular formula is C17H24N2O2. The van der Waals surface area contributed by atoms with Gasteiger partial charge < -0.3 is 10.5 Å². The minimum atomic E-state index is -0.144. The van der Waals surface area contributed by atoms with Crippen molar-refractivity contribution >= 4 is 5.91 Å². The van der Waals surface area contributed by atoms with Gasteiger partial charge in [-0.15, -0.1) is 0 Å². The molecule has 21 heavy (non-hydrogen) atoms. The number of hydrogen-bond donors (Lipinski definition) is 1. The van der Waals surface area contributed by atoms with Crippen LogP contribution in [0.25, 0.3) is 0 Å². The summed E-state index contributed by atoms with van der Waals surface area (Å²) in [6.07, 6.45) is 4.80. The molecule has 3 rings (SSSR count). The summed E-state index contributed by atoms with van der Waals surface area (Å²) < 4.78 is 5.48. The fraction of sp³-hybridized carbons (Fsp3) is 0.588. The maximum absolute atomic E-state index is 11.1. The molecule has 2 fully saturated rings. The Bertz CT molecular complexity index is 503. The number of benzene rings is 1. The third-order valence-electron chi connectivity index (χ3n) is 5.10. The zero-order valence-electron chi connectivity index (χ0n) is 12.6. The van der Waals surface area contributed by atoms with E-state index in [1.807, 2.05) is 12.1 Å². The van der Waals surface area contributed by atoms with Crippen LogP contribution in [0.4, 0.5) is 0 Å². The summed E-state index contributed by atoms with van der Waals surface area (Å²) in [5.74, 6) is 1.55. The van der Waals surface area contributed by atoms with Gasteiger partial charge in [0.15, 0.2) is 0 Å². The van der Waals surface area contributed by atoms with E-state index in [1.165, 1.54) is 31.2 Å². The number of carbonyl (C=O) groups is 1. The first kappa shape index (κ1) is 14.4. The molecule has 1 saturated heterocycles. The van der Waals surface area contributed by atoms with Gasteiger partial charge in [0.05, 0.1) is 13.0 Å². The summed E-state index contributed by atoms with van der Waals surface area (Å²) in [4.78, 5) is 13.5. The number of amides is 1. The van der Waals surface area contributed by atoms with Gasteiger partial charge >= 0.3 is 0 Å². The molecule has 0 bridgehead atoms. The van der Waals surface area contributed by atoms with Gasteiger partial charge in [0.25, 0.3) is 0 Å². The van der Waals surface area contributed by atoms with Gasteiger partial charge in [-0.05, 0) is 43.2 Å². The van der Waals surface area contributed by atoms with Crippen molar-refractivity contribution in [3.05, 3.63) is 29.8 Å². The van der Waals surface area contributed by atoms with Gasteiger partial charge in [-0.2, -0.15) is 0 Å². The summed E-state index contributed by atoms with van der Waals surface area (Å²) in [6, 6.07) is 8.99. The highest BCUT2D eigenvalue weighted by Gasteiger charge is 2.37. The van der Waals surface area contributed by atoms with Crippen LogP contribution in [0.15, 0.2) is 24.3 Å². The lowest BCUT2D eigenvalue weighted by atomic mass is 9.79. The molecule has 1 amide bonds.